The quantitative estimate of drug-likeness (QED) is 0.711. The van der Waals surface area contributed by atoms with Crippen LogP contribution in [0.15, 0.2) is 22.8 Å². The van der Waals surface area contributed by atoms with E-state index in [2.05, 4.69) is 24.5 Å². The number of nitrogens with one attached hydrogen (secondary N) is 2. The first-order valence-electron chi connectivity index (χ1n) is 9.60. The number of carbonyl (C=O) groups excluding carboxylic acids is 3. The molecule has 0 saturated heterocycles. The van der Waals surface area contributed by atoms with Gasteiger partial charge < -0.3 is 19.8 Å². The minimum atomic E-state index is -0.857. The number of hydrogen-bond acceptors (Lipinski definition) is 5. The molecule has 1 aliphatic carbocycles. The predicted octanol–water partition coefficient (Wildman–Crippen LogP) is 2.52. The summed E-state index contributed by atoms with van der Waals surface area (Å²) >= 11 is 0. The van der Waals surface area contributed by atoms with E-state index in [1.54, 1.807) is 19.9 Å². The molecule has 1 aromatic heterocycles. The molecule has 2 amide bonds. The molecule has 0 unspecified atom stereocenters. The van der Waals surface area contributed by atoms with Crippen LogP contribution in [0.2, 0.25) is 0 Å². The molecule has 1 heterocycles. The first-order chi connectivity index (χ1) is 12.8. The maximum absolute atomic E-state index is 12.4. The zero-order valence-electron chi connectivity index (χ0n) is 16.5. The Morgan fingerprint density at radius 1 is 1.26 bits per heavy atom. The fourth-order valence-corrected chi connectivity index (χ4v) is 3.38. The van der Waals surface area contributed by atoms with Crippen molar-refractivity contribution in [2.24, 2.45) is 17.8 Å². The largest absolute Gasteiger partial charge is 0.459 e. The summed E-state index contributed by atoms with van der Waals surface area (Å²) in [6, 6.07) is 2.36. The smallest absolute Gasteiger partial charge is 0.329 e. The van der Waals surface area contributed by atoms with Crippen LogP contribution in [0.3, 0.4) is 0 Å². The fourth-order valence-electron chi connectivity index (χ4n) is 3.38. The van der Waals surface area contributed by atoms with Crippen LogP contribution >= 0.6 is 0 Å². The molecule has 0 aromatic carbocycles. The molecular weight excluding hydrogens is 348 g/mol. The Hall–Kier alpha value is -2.31. The highest BCUT2D eigenvalue weighted by Gasteiger charge is 2.30. The minimum absolute atomic E-state index is 0.111. The molecular formula is C20H30N2O5. The van der Waals surface area contributed by atoms with E-state index >= 15 is 0 Å². The molecule has 1 saturated carbocycles. The van der Waals surface area contributed by atoms with E-state index in [0.29, 0.717) is 11.8 Å². The molecule has 1 fully saturated rings. The number of amides is 2. The van der Waals surface area contributed by atoms with Gasteiger partial charge in [0.25, 0.3) is 11.8 Å². The highest BCUT2D eigenvalue weighted by molar-refractivity contribution is 5.94. The van der Waals surface area contributed by atoms with Crippen LogP contribution in [0.5, 0.6) is 0 Å². The Kier molecular flexibility index (Phi) is 7.45. The standard InChI is InChI=1S/C20H30N2O5/c1-12(2)18(22-19(24)16-9-6-10-26-16)20(25)27-11-17(23)21-15-8-5-7-13(3)14(15)4/h6,9-10,12-15,18H,5,7-8,11H2,1-4H3,(H,21,23)(H,22,24)/t13-,14+,15-,18+/m1/s1. The SMILES string of the molecule is CC(C)[C@H](NC(=O)c1ccco1)C(=O)OCC(=O)N[C@@H]1CCC[C@@H](C)[C@@H]1C. The lowest BCUT2D eigenvalue weighted by Crippen LogP contribution is -2.48. The van der Waals surface area contributed by atoms with Crippen molar-refractivity contribution in [3.8, 4) is 0 Å². The zero-order valence-corrected chi connectivity index (χ0v) is 16.5. The summed E-state index contributed by atoms with van der Waals surface area (Å²) < 4.78 is 10.2. The topological polar surface area (TPSA) is 97.6 Å². The van der Waals surface area contributed by atoms with Crippen LogP contribution in [-0.4, -0.2) is 36.5 Å². The highest BCUT2D eigenvalue weighted by atomic mass is 16.5. The van der Waals surface area contributed by atoms with Crippen molar-refractivity contribution >= 4 is 17.8 Å². The van der Waals surface area contributed by atoms with Crippen molar-refractivity contribution in [1.82, 2.24) is 10.6 Å². The van der Waals surface area contributed by atoms with E-state index in [4.69, 9.17) is 9.15 Å². The van der Waals surface area contributed by atoms with Crippen LogP contribution in [0.1, 0.15) is 57.5 Å². The summed E-state index contributed by atoms with van der Waals surface area (Å²) in [7, 11) is 0. The van der Waals surface area contributed by atoms with Crippen molar-refractivity contribution < 1.29 is 23.5 Å². The fraction of sp³-hybridized carbons (Fsp3) is 0.650. The molecule has 4 atom stereocenters. The van der Waals surface area contributed by atoms with Crippen molar-refractivity contribution in [3.05, 3.63) is 24.2 Å². The third-order valence-electron chi connectivity index (χ3n) is 5.35. The Balaban J connectivity index is 1.84. The first kappa shape index (κ1) is 21.0. The summed E-state index contributed by atoms with van der Waals surface area (Å²) in [5, 5.41) is 5.56. The number of furan rings is 1. The van der Waals surface area contributed by atoms with Crippen molar-refractivity contribution in [2.45, 2.75) is 59.0 Å². The zero-order chi connectivity index (χ0) is 20.0. The molecule has 150 valence electrons. The molecule has 0 bridgehead atoms. The van der Waals surface area contributed by atoms with Crippen molar-refractivity contribution in [2.75, 3.05) is 6.61 Å². The first-order valence-corrected chi connectivity index (χ1v) is 9.60. The maximum Gasteiger partial charge on any atom is 0.329 e. The minimum Gasteiger partial charge on any atom is -0.459 e. The van der Waals surface area contributed by atoms with Crippen LogP contribution < -0.4 is 10.6 Å². The van der Waals surface area contributed by atoms with Gasteiger partial charge in [0.2, 0.25) is 0 Å². The number of carbonyl (C=O) groups is 3. The Morgan fingerprint density at radius 2 is 2.00 bits per heavy atom. The molecule has 0 spiro atoms. The highest BCUT2D eigenvalue weighted by Crippen LogP contribution is 2.29. The van der Waals surface area contributed by atoms with Crippen molar-refractivity contribution in [1.29, 1.82) is 0 Å². The lowest BCUT2D eigenvalue weighted by Gasteiger charge is -2.34. The van der Waals surface area contributed by atoms with Gasteiger partial charge in [0.05, 0.1) is 6.26 Å². The molecule has 7 heteroatoms. The van der Waals surface area contributed by atoms with E-state index in [1.165, 1.54) is 18.8 Å². The molecule has 0 radical (unpaired) electrons. The maximum atomic E-state index is 12.4. The Morgan fingerprint density at radius 3 is 2.63 bits per heavy atom. The number of esters is 1. The molecule has 1 aliphatic rings. The molecule has 0 aliphatic heterocycles. The van der Waals surface area contributed by atoms with Gasteiger partial charge in [-0.1, -0.05) is 40.5 Å². The van der Waals surface area contributed by atoms with E-state index < -0.39 is 17.9 Å². The Bertz CT molecular complexity index is 641. The summed E-state index contributed by atoms with van der Waals surface area (Å²) in [5.74, 6) is -0.558. The number of rotatable bonds is 7. The molecule has 1 aromatic rings. The van der Waals surface area contributed by atoms with Gasteiger partial charge in [-0.15, -0.1) is 0 Å². The second kappa shape index (κ2) is 9.58. The lowest BCUT2D eigenvalue weighted by molar-refractivity contribution is -0.151. The summed E-state index contributed by atoms with van der Waals surface area (Å²) in [5.41, 5.74) is 0. The monoisotopic (exact) mass is 378 g/mol. The molecule has 2 N–H and O–H groups in total. The van der Waals surface area contributed by atoms with Gasteiger partial charge in [-0.25, -0.2) is 4.79 Å². The average molecular weight is 378 g/mol. The van der Waals surface area contributed by atoms with Crippen LogP contribution in [0.4, 0.5) is 0 Å². The second-order valence-corrected chi connectivity index (χ2v) is 7.72. The normalized spacial score (nSPS) is 23.5. The number of ether oxygens (including phenoxy) is 1. The third kappa shape index (κ3) is 5.84. The average Bonchev–Trinajstić information content (AvgIpc) is 3.16. The van der Waals surface area contributed by atoms with Crippen molar-refractivity contribution in [3.63, 3.8) is 0 Å². The van der Waals surface area contributed by atoms with Gasteiger partial charge in [0.15, 0.2) is 12.4 Å². The van der Waals surface area contributed by atoms with Gasteiger partial charge in [-0.3, -0.25) is 9.59 Å². The van der Waals surface area contributed by atoms with E-state index in [9.17, 15) is 14.4 Å². The van der Waals surface area contributed by atoms with E-state index in [-0.39, 0.29) is 30.2 Å². The van der Waals surface area contributed by atoms with E-state index in [1.807, 2.05) is 0 Å². The lowest BCUT2D eigenvalue weighted by atomic mass is 9.78. The summed E-state index contributed by atoms with van der Waals surface area (Å²) in [4.78, 5) is 36.6. The summed E-state index contributed by atoms with van der Waals surface area (Å²) in [6.45, 7) is 7.56. The van der Waals surface area contributed by atoms with Gasteiger partial charge in [-0.05, 0) is 36.3 Å². The van der Waals surface area contributed by atoms with Crippen LogP contribution in [0.25, 0.3) is 0 Å². The van der Waals surface area contributed by atoms with Gasteiger partial charge in [-0.2, -0.15) is 0 Å². The van der Waals surface area contributed by atoms with Gasteiger partial charge in [0, 0.05) is 6.04 Å². The molecule has 7 nitrogen and oxygen atoms in total. The predicted molar refractivity (Wildman–Crippen MR) is 99.9 cm³/mol. The third-order valence-corrected chi connectivity index (χ3v) is 5.35. The van der Waals surface area contributed by atoms with E-state index in [0.717, 1.165) is 12.8 Å². The molecule has 2 rings (SSSR count). The van der Waals surface area contributed by atoms with Gasteiger partial charge >= 0.3 is 5.97 Å². The number of hydrogen-bond donors (Lipinski definition) is 2. The van der Waals surface area contributed by atoms with Gasteiger partial charge in [0.1, 0.15) is 6.04 Å². The van der Waals surface area contributed by atoms with Crippen LogP contribution in [0, 0.1) is 17.8 Å². The summed E-state index contributed by atoms with van der Waals surface area (Å²) in [6.07, 6.45) is 4.59. The molecule has 27 heavy (non-hydrogen) atoms. The Labute approximate surface area is 160 Å². The van der Waals surface area contributed by atoms with Crippen LogP contribution in [-0.2, 0) is 14.3 Å². The second-order valence-electron chi connectivity index (χ2n) is 7.72.